The molecule has 0 aliphatic carbocycles. The van der Waals surface area contributed by atoms with Crippen LogP contribution in [0.3, 0.4) is 0 Å². The molecule has 0 radical (unpaired) electrons. The molecule has 0 amide bonds. The first-order valence-corrected chi connectivity index (χ1v) is 3.87. The Kier molecular flexibility index (Phi) is 3.99. The highest BCUT2D eigenvalue weighted by Gasteiger charge is 2.05. The smallest absolute Gasteiger partial charge is 0.0153 e. The second-order valence-corrected chi connectivity index (χ2v) is 4.02. The van der Waals surface area contributed by atoms with E-state index in [4.69, 9.17) is 11.6 Å². The van der Waals surface area contributed by atoms with Crippen molar-refractivity contribution in [2.24, 2.45) is 0 Å². The molecular weight excluding hydrogens is 146 g/mol. The third-order valence-corrected chi connectivity index (χ3v) is 1.17. The predicted molar refractivity (Wildman–Crippen MR) is 47.4 cm³/mol. The molecule has 0 unspecified atom stereocenters. The summed E-state index contributed by atoms with van der Waals surface area (Å²) in [6.45, 7) is 9.12. The lowest BCUT2D eigenvalue weighted by atomic mass is 10.1. The molecule has 0 fully saturated rings. The second kappa shape index (κ2) is 3.99. The van der Waals surface area contributed by atoms with Gasteiger partial charge in [0.2, 0.25) is 0 Å². The Morgan fingerprint density at radius 2 is 2.00 bits per heavy atom. The van der Waals surface area contributed by atoms with Gasteiger partial charge in [-0.25, -0.2) is 0 Å². The SMILES string of the molecule is C/C(Cl)=C/CNC(C)(C)C. The van der Waals surface area contributed by atoms with Gasteiger partial charge in [-0.3, -0.25) is 0 Å². The number of rotatable bonds is 2. The van der Waals surface area contributed by atoms with Crippen LogP contribution in [-0.2, 0) is 0 Å². The Bertz CT molecular complexity index is 118. The van der Waals surface area contributed by atoms with Crippen LogP contribution in [0.1, 0.15) is 27.7 Å². The van der Waals surface area contributed by atoms with Gasteiger partial charge in [-0.15, -0.1) is 0 Å². The van der Waals surface area contributed by atoms with Crippen molar-refractivity contribution >= 4 is 11.6 Å². The molecule has 0 aromatic rings. The van der Waals surface area contributed by atoms with Gasteiger partial charge in [-0.1, -0.05) is 17.7 Å². The van der Waals surface area contributed by atoms with Crippen molar-refractivity contribution < 1.29 is 0 Å². The minimum Gasteiger partial charge on any atom is -0.309 e. The highest BCUT2D eigenvalue weighted by atomic mass is 35.5. The monoisotopic (exact) mass is 161 g/mol. The summed E-state index contributed by atoms with van der Waals surface area (Å²) in [5, 5.41) is 4.14. The van der Waals surface area contributed by atoms with Crippen LogP contribution in [0.2, 0.25) is 0 Å². The maximum absolute atomic E-state index is 5.63. The molecule has 1 N–H and O–H groups in total. The standard InChI is InChI=1S/C8H16ClN/c1-7(9)5-6-10-8(2,3)4/h5,10H,6H2,1-4H3/b7-5-. The van der Waals surface area contributed by atoms with Crippen molar-refractivity contribution in [2.45, 2.75) is 33.2 Å². The Balaban J connectivity index is 3.47. The molecule has 0 rings (SSSR count). The molecule has 0 saturated carbocycles. The van der Waals surface area contributed by atoms with E-state index < -0.39 is 0 Å². The third-order valence-electron chi connectivity index (χ3n) is 1.02. The summed E-state index contributed by atoms with van der Waals surface area (Å²) < 4.78 is 0. The molecule has 0 heterocycles. The largest absolute Gasteiger partial charge is 0.309 e. The van der Waals surface area contributed by atoms with Gasteiger partial charge in [0.25, 0.3) is 0 Å². The van der Waals surface area contributed by atoms with Crippen molar-refractivity contribution in [1.29, 1.82) is 0 Å². The van der Waals surface area contributed by atoms with Gasteiger partial charge in [-0.05, 0) is 27.7 Å². The second-order valence-electron chi connectivity index (χ2n) is 3.42. The van der Waals surface area contributed by atoms with Gasteiger partial charge in [0.15, 0.2) is 0 Å². The average Bonchev–Trinajstić information content (AvgIpc) is 1.59. The van der Waals surface area contributed by atoms with Gasteiger partial charge in [-0.2, -0.15) is 0 Å². The summed E-state index contributed by atoms with van der Waals surface area (Å²) in [6, 6.07) is 0. The van der Waals surface area contributed by atoms with E-state index in [1.807, 2.05) is 13.0 Å². The molecular formula is C8H16ClN. The molecule has 10 heavy (non-hydrogen) atoms. The fraction of sp³-hybridized carbons (Fsp3) is 0.750. The third kappa shape index (κ3) is 7.99. The molecule has 0 bridgehead atoms. The number of hydrogen-bond donors (Lipinski definition) is 1. The maximum atomic E-state index is 5.63. The Morgan fingerprint density at radius 1 is 1.50 bits per heavy atom. The van der Waals surface area contributed by atoms with E-state index in [-0.39, 0.29) is 5.54 Å². The van der Waals surface area contributed by atoms with E-state index in [1.165, 1.54) is 0 Å². The average molecular weight is 162 g/mol. The highest BCUT2D eigenvalue weighted by Crippen LogP contribution is 2.00. The zero-order valence-corrected chi connectivity index (χ0v) is 7.92. The van der Waals surface area contributed by atoms with Crippen LogP contribution < -0.4 is 5.32 Å². The van der Waals surface area contributed by atoms with E-state index in [1.54, 1.807) is 0 Å². The topological polar surface area (TPSA) is 12.0 Å². The van der Waals surface area contributed by atoms with Crippen molar-refractivity contribution in [3.05, 3.63) is 11.1 Å². The first-order valence-electron chi connectivity index (χ1n) is 3.49. The molecule has 1 nitrogen and oxygen atoms in total. The lowest BCUT2D eigenvalue weighted by Crippen LogP contribution is -2.35. The van der Waals surface area contributed by atoms with Gasteiger partial charge < -0.3 is 5.32 Å². The minimum absolute atomic E-state index is 0.183. The van der Waals surface area contributed by atoms with Crippen LogP contribution in [0, 0.1) is 0 Å². The Morgan fingerprint density at radius 3 is 2.30 bits per heavy atom. The van der Waals surface area contributed by atoms with E-state index >= 15 is 0 Å². The molecule has 0 aliphatic heterocycles. The van der Waals surface area contributed by atoms with E-state index in [2.05, 4.69) is 26.1 Å². The van der Waals surface area contributed by atoms with Crippen molar-refractivity contribution in [3.8, 4) is 0 Å². The number of nitrogens with one attached hydrogen (secondary N) is 1. The molecule has 0 aromatic heterocycles. The van der Waals surface area contributed by atoms with Gasteiger partial charge in [0.1, 0.15) is 0 Å². The van der Waals surface area contributed by atoms with Crippen molar-refractivity contribution in [2.75, 3.05) is 6.54 Å². The van der Waals surface area contributed by atoms with E-state index in [0.717, 1.165) is 11.6 Å². The van der Waals surface area contributed by atoms with E-state index in [9.17, 15) is 0 Å². The predicted octanol–water partition coefficient (Wildman–Crippen LogP) is 2.52. The van der Waals surface area contributed by atoms with Gasteiger partial charge in [0.05, 0.1) is 0 Å². The number of hydrogen-bond acceptors (Lipinski definition) is 1. The van der Waals surface area contributed by atoms with Crippen molar-refractivity contribution in [3.63, 3.8) is 0 Å². The summed E-state index contributed by atoms with van der Waals surface area (Å²) in [7, 11) is 0. The van der Waals surface area contributed by atoms with Crippen LogP contribution in [0.4, 0.5) is 0 Å². The lowest BCUT2D eigenvalue weighted by molar-refractivity contribution is 0.449. The number of allylic oxidation sites excluding steroid dienone is 1. The summed E-state index contributed by atoms with van der Waals surface area (Å²) >= 11 is 5.63. The summed E-state index contributed by atoms with van der Waals surface area (Å²) in [4.78, 5) is 0. The van der Waals surface area contributed by atoms with E-state index in [0.29, 0.717) is 0 Å². The van der Waals surface area contributed by atoms with Crippen LogP contribution in [0.25, 0.3) is 0 Å². The minimum atomic E-state index is 0.183. The molecule has 2 heteroatoms. The fourth-order valence-electron chi connectivity index (χ4n) is 0.498. The molecule has 0 aliphatic rings. The van der Waals surface area contributed by atoms with Crippen LogP contribution in [0.5, 0.6) is 0 Å². The quantitative estimate of drug-likeness (QED) is 0.657. The molecule has 0 spiro atoms. The molecule has 0 aromatic carbocycles. The van der Waals surface area contributed by atoms with Crippen LogP contribution in [0.15, 0.2) is 11.1 Å². The Hall–Kier alpha value is -0.0100. The highest BCUT2D eigenvalue weighted by molar-refractivity contribution is 6.29. The molecule has 0 atom stereocenters. The van der Waals surface area contributed by atoms with Gasteiger partial charge >= 0.3 is 0 Å². The summed E-state index contributed by atoms with van der Waals surface area (Å²) in [5.41, 5.74) is 0.183. The van der Waals surface area contributed by atoms with Crippen molar-refractivity contribution in [1.82, 2.24) is 5.32 Å². The normalized spacial score (nSPS) is 13.9. The first kappa shape index (κ1) is 9.99. The molecule has 60 valence electrons. The lowest BCUT2D eigenvalue weighted by Gasteiger charge is -2.18. The maximum Gasteiger partial charge on any atom is 0.0153 e. The zero-order valence-electron chi connectivity index (χ0n) is 7.16. The Labute approximate surface area is 68.5 Å². The first-order chi connectivity index (χ1) is 4.42. The number of halogens is 1. The summed E-state index contributed by atoms with van der Waals surface area (Å²) in [6.07, 6.45) is 1.97. The fourth-order valence-corrected chi connectivity index (χ4v) is 0.575. The van der Waals surface area contributed by atoms with Crippen LogP contribution in [-0.4, -0.2) is 12.1 Å². The zero-order chi connectivity index (χ0) is 8.20. The van der Waals surface area contributed by atoms with Crippen LogP contribution >= 0.6 is 11.6 Å². The summed E-state index contributed by atoms with van der Waals surface area (Å²) in [5.74, 6) is 0. The van der Waals surface area contributed by atoms with Gasteiger partial charge in [0, 0.05) is 17.1 Å². The molecule has 0 saturated heterocycles.